The summed E-state index contributed by atoms with van der Waals surface area (Å²) in [5.74, 6) is -1.91. The van der Waals surface area contributed by atoms with E-state index in [9.17, 15) is 19.2 Å². The van der Waals surface area contributed by atoms with Crippen LogP contribution in [-0.2, 0) is 27.3 Å². The van der Waals surface area contributed by atoms with Gasteiger partial charge in [-0.1, -0.05) is 24.6 Å². The zero-order chi connectivity index (χ0) is 38.3. The smallest absolute Gasteiger partial charge is 0.341 e. The van der Waals surface area contributed by atoms with Crippen LogP contribution >= 0.6 is 11.6 Å². The number of nitrogens with zero attached hydrogens (tertiary/aromatic N) is 2. The highest BCUT2D eigenvalue weighted by Crippen LogP contribution is 2.36. The number of amides is 4. The Hall–Kier alpha value is -5.04. The largest absolute Gasteiger partial charge is 0.496 e. The van der Waals surface area contributed by atoms with E-state index in [0.717, 1.165) is 11.0 Å². The monoisotopic (exact) mass is 741 g/mol. The third-order valence-electron chi connectivity index (χ3n) is 8.54. The lowest BCUT2D eigenvalue weighted by Crippen LogP contribution is -2.48. The van der Waals surface area contributed by atoms with Crippen molar-refractivity contribution in [1.82, 2.24) is 15.1 Å². The van der Waals surface area contributed by atoms with E-state index in [1.807, 2.05) is 0 Å². The van der Waals surface area contributed by atoms with Crippen LogP contribution in [0.1, 0.15) is 67.2 Å². The highest BCUT2D eigenvalue weighted by Gasteiger charge is 2.39. The molecule has 0 radical (unpaired) electrons. The summed E-state index contributed by atoms with van der Waals surface area (Å²) in [6, 6.07) is 10.7. The molecule has 0 bridgehead atoms. The standard InChI is InChI=1S/C38H45ClFN3O9/c1-9-30(22-10-12-27(29(40)16-22)36(46)52-38(2,3)4)41-37(47)43-21-34(44)42(20-28-32(50-7)17-26(48-5)18-33(28)51-8)19-24(35(43)45)14-23-15-25(39)11-13-31(23)49-6/h10-13,15-18,24,30H,9,14,19-21H2,1-8H3,(H,41,47)/t24-,30-/m1/s1. The summed E-state index contributed by atoms with van der Waals surface area (Å²) in [5.41, 5.74) is 0.422. The summed E-state index contributed by atoms with van der Waals surface area (Å²) in [6.45, 7) is 6.15. The molecule has 52 heavy (non-hydrogen) atoms. The van der Waals surface area contributed by atoms with Crippen molar-refractivity contribution in [2.45, 2.75) is 58.7 Å². The van der Waals surface area contributed by atoms with Crippen LogP contribution in [0.5, 0.6) is 23.0 Å². The summed E-state index contributed by atoms with van der Waals surface area (Å²) in [4.78, 5) is 57.0. The molecular weight excluding hydrogens is 697 g/mol. The molecule has 0 aromatic heterocycles. The normalized spacial score (nSPS) is 15.5. The van der Waals surface area contributed by atoms with Crippen LogP contribution < -0.4 is 24.3 Å². The van der Waals surface area contributed by atoms with Gasteiger partial charge in [0.15, 0.2) is 0 Å². The van der Waals surface area contributed by atoms with Crippen LogP contribution in [0.4, 0.5) is 9.18 Å². The molecule has 4 rings (SSSR count). The highest BCUT2D eigenvalue weighted by molar-refractivity contribution is 6.30. The van der Waals surface area contributed by atoms with E-state index in [4.69, 9.17) is 35.3 Å². The second kappa shape index (κ2) is 17.0. The van der Waals surface area contributed by atoms with Gasteiger partial charge in [-0.25, -0.2) is 14.0 Å². The van der Waals surface area contributed by atoms with Crippen molar-refractivity contribution in [2.24, 2.45) is 5.92 Å². The lowest BCUT2D eigenvalue weighted by molar-refractivity contribution is -0.135. The minimum atomic E-state index is -0.912. The number of halogens is 2. The van der Waals surface area contributed by atoms with E-state index in [2.05, 4.69) is 5.32 Å². The lowest BCUT2D eigenvalue weighted by Gasteiger charge is -2.26. The first-order valence-corrected chi connectivity index (χ1v) is 17.0. The molecule has 280 valence electrons. The number of nitrogens with one attached hydrogen (secondary N) is 1. The number of carbonyl (C=O) groups excluding carboxylic acids is 4. The Bertz CT molecular complexity index is 1790. The maximum atomic E-state index is 15.2. The minimum absolute atomic E-state index is 0.0120. The Morgan fingerprint density at radius 1 is 0.942 bits per heavy atom. The summed E-state index contributed by atoms with van der Waals surface area (Å²) >= 11 is 6.32. The SMILES string of the molecule is CC[C@@H](NC(=O)N1CC(=O)N(Cc2c(OC)cc(OC)cc2OC)C[C@@H](Cc2cc(Cl)ccc2OC)C1=O)c1ccc(C(=O)OC(C)(C)C)c(F)c1. The molecule has 0 saturated carbocycles. The fraction of sp³-hybridized carbons (Fsp3) is 0.421. The van der Waals surface area contributed by atoms with Gasteiger partial charge in [0, 0.05) is 23.7 Å². The Morgan fingerprint density at radius 2 is 1.60 bits per heavy atom. The Morgan fingerprint density at radius 3 is 2.15 bits per heavy atom. The van der Waals surface area contributed by atoms with Gasteiger partial charge in [-0.3, -0.25) is 14.5 Å². The Labute approximate surface area is 308 Å². The number of esters is 1. The maximum absolute atomic E-state index is 15.2. The zero-order valence-electron chi connectivity index (χ0n) is 30.6. The number of urea groups is 1. The fourth-order valence-electron chi connectivity index (χ4n) is 5.95. The van der Waals surface area contributed by atoms with Crippen LogP contribution in [0.15, 0.2) is 48.5 Å². The van der Waals surface area contributed by atoms with Crippen molar-refractivity contribution in [1.29, 1.82) is 0 Å². The molecule has 0 spiro atoms. The molecule has 2 atom stereocenters. The Balaban J connectivity index is 1.68. The van der Waals surface area contributed by atoms with Crippen molar-refractivity contribution in [3.8, 4) is 23.0 Å². The number of carbonyl (C=O) groups is 4. The predicted molar refractivity (Wildman–Crippen MR) is 192 cm³/mol. The van der Waals surface area contributed by atoms with E-state index in [0.29, 0.717) is 51.1 Å². The van der Waals surface area contributed by atoms with Gasteiger partial charge in [0.2, 0.25) is 11.8 Å². The lowest BCUT2D eigenvalue weighted by atomic mass is 9.96. The molecule has 3 aromatic carbocycles. The third kappa shape index (κ3) is 9.44. The average molecular weight is 742 g/mol. The number of methoxy groups -OCH3 is 4. The minimum Gasteiger partial charge on any atom is -0.496 e. The molecule has 3 aromatic rings. The van der Waals surface area contributed by atoms with Gasteiger partial charge in [0.25, 0.3) is 0 Å². The van der Waals surface area contributed by atoms with Crippen molar-refractivity contribution < 1.29 is 47.3 Å². The van der Waals surface area contributed by atoms with Crippen molar-refractivity contribution in [2.75, 3.05) is 41.5 Å². The first-order chi connectivity index (χ1) is 24.6. The van der Waals surface area contributed by atoms with Crippen molar-refractivity contribution in [3.05, 3.63) is 81.6 Å². The van der Waals surface area contributed by atoms with Crippen LogP contribution in [0.25, 0.3) is 0 Å². The van der Waals surface area contributed by atoms with Gasteiger partial charge < -0.3 is 33.9 Å². The third-order valence-corrected chi connectivity index (χ3v) is 8.78. The van der Waals surface area contributed by atoms with Crippen LogP contribution in [0.3, 0.4) is 0 Å². The number of rotatable bonds is 12. The number of hydrogen-bond acceptors (Lipinski definition) is 9. The second-order valence-electron chi connectivity index (χ2n) is 13.2. The number of hydrogen-bond donors (Lipinski definition) is 1. The average Bonchev–Trinajstić information content (AvgIpc) is 3.21. The molecule has 14 heteroatoms. The van der Waals surface area contributed by atoms with Crippen LogP contribution in [-0.4, -0.2) is 80.7 Å². The Kier molecular flexibility index (Phi) is 13.0. The molecule has 4 amide bonds. The van der Waals surface area contributed by atoms with Gasteiger partial charge in [-0.15, -0.1) is 0 Å². The second-order valence-corrected chi connectivity index (χ2v) is 13.7. The summed E-state index contributed by atoms with van der Waals surface area (Å²) in [7, 11) is 5.96. The predicted octanol–water partition coefficient (Wildman–Crippen LogP) is 6.36. The first-order valence-electron chi connectivity index (χ1n) is 16.7. The van der Waals surface area contributed by atoms with Gasteiger partial charge in [-0.2, -0.15) is 0 Å². The van der Waals surface area contributed by atoms with Crippen molar-refractivity contribution >= 4 is 35.4 Å². The van der Waals surface area contributed by atoms with Gasteiger partial charge >= 0.3 is 12.0 Å². The van der Waals surface area contributed by atoms with Gasteiger partial charge in [0.05, 0.1) is 58.1 Å². The summed E-state index contributed by atoms with van der Waals surface area (Å²) in [5, 5.41) is 3.21. The van der Waals surface area contributed by atoms with Crippen molar-refractivity contribution in [3.63, 3.8) is 0 Å². The molecule has 12 nitrogen and oxygen atoms in total. The molecule has 0 unspecified atom stereocenters. The van der Waals surface area contributed by atoms with E-state index in [-0.39, 0.29) is 25.1 Å². The van der Waals surface area contributed by atoms with E-state index >= 15 is 4.39 Å². The first kappa shape index (κ1) is 39.7. The zero-order valence-corrected chi connectivity index (χ0v) is 31.4. The fourth-order valence-corrected chi connectivity index (χ4v) is 6.14. The molecule has 1 aliphatic rings. The van der Waals surface area contributed by atoms with Gasteiger partial charge in [-0.05, 0) is 75.1 Å². The molecule has 1 N–H and O–H groups in total. The van der Waals surface area contributed by atoms with Crippen LogP contribution in [0.2, 0.25) is 5.02 Å². The summed E-state index contributed by atoms with van der Waals surface area (Å²) in [6.07, 6.45) is 0.390. The maximum Gasteiger partial charge on any atom is 0.341 e. The molecule has 1 aliphatic heterocycles. The quantitative estimate of drug-likeness (QED) is 0.211. The van der Waals surface area contributed by atoms with E-state index in [1.54, 1.807) is 58.0 Å². The topological polar surface area (TPSA) is 133 Å². The molecular formula is C38H45ClFN3O9. The van der Waals surface area contributed by atoms with Crippen LogP contribution in [0, 0.1) is 11.7 Å². The number of imide groups is 1. The van der Waals surface area contributed by atoms with E-state index in [1.165, 1.54) is 45.5 Å². The molecule has 1 heterocycles. The molecule has 1 fully saturated rings. The molecule has 0 aliphatic carbocycles. The molecule has 1 saturated heterocycles. The highest BCUT2D eigenvalue weighted by atomic mass is 35.5. The van der Waals surface area contributed by atoms with Gasteiger partial charge in [0.1, 0.15) is 41.0 Å². The number of ether oxygens (including phenoxy) is 5. The number of benzene rings is 3. The van der Waals surface area contributed by atoms with E-state index < -0.39 is 53.7 Å². The summed E-state index contributed by atoms with van der Waals surface area (Å²) < 4.78 is 42.6.